The number of nitriles is 1. The van der Waals surface area contributed by atoms with Crippen molar-refractivity contribution in [2.75, 3.05) is 12.3 Å². The molecule has 1 rings (SSSR count). The monoisotopic (exact) mass is 264 g/mol. The van der Waals surface area contributed by atoms with E-state index in [-0.39, 0.29) is 5.91 Å². The highest BCUT2D eigenvalue weighted by Gasteiger charge is 2.06. The van der Waals surface area contributed by atoms with Gasteiger partial charge in [-0.1, -0.05) is 6.07 Å². The van der Waals surface area contributed by atoms with Gasteiger partial charge in [-0.3, -0.25) is 4.79 Å². The van der Waals surface area contributed by atoms with E-state index in [1.165, 1.54) is 11.8 Å². The zero-order chi connectivity index (χ0) is 13.4. The van der Waals surface area contributed by atoms with Gasteiger partial charge in [0, 0.05) is 17.0 Å². The Bertz CT molecular complexity index is 441. The van der Waals surface area contributed by atoms with Crippen molar-refractivity contribution < 1.29 is 9.90 Å². The number of hydrogen-bond acceptors (Lipinski definition) is 4. The van der Waals surface area contributed by atoms with E-state index in [0.717, 1.165) is 4.90 Å². The summed E-state index contributed by atoms with van der Waals surface area (Å²) < 4.78 is 0. The van der Waals surface area contributed by atoms with Crippen LogP contribution >= 0.6 is 11.8 Å². The topological polar surface area (TPSA) is 73.1 Å². The van der Waals surface area contributed by atoms with Gasteiger partial charge in [-0.25, -0.2) is 0 Å². The maximum absolute atomic E-state index is 11.8. The number of nitrogens with zero attached hydrogens (tertiary/aromatic N) is 1. The molecule has 0 aromatic heterocycles. The van der Waals surface area contributed by atoms with Gasteiger partial charge in [0.05, 0.1) is 17.9 Å². The summed E-state index contributed by atoms with van der Waals surface area (Å²) in [5, 5.41) is 20.3. The second-order valence-electron chi connectivity index (χ2n) is 3.87. The molecular weight excluding hydrogens is 248 g/mol. The predicted molar refractivity (Wildman–Crippen MR) is 71.4 cm³/mol. The van der Waals surface area contributed by atoms with Gasteiger partial charge in [0.15, 0.2) is 0 Å². The maximum Gasteiger partial charge on any atom is 0.251 e. The number of nitrogens with one attached hydrogen (secondary N) is 1. The van der Waals surface area contributed by atoms with E-state index < -0.39 is 6.10 Å². The zero-order valence-corrected chi connectivity index (χ0v) is 11.0. The van der Waals surface area contributed by atoms with Crippen molar-refractivity contribution in [3.63, 3.8) is 0 Å². The van der Waals surface area contributed by atoms with Crippen LogP contribution in [0.1, 0.15) is 23.7 Å². The van der Waals surface area contributed by atoms with Gasteiger partial charge in [-0.05, 0) is 31.5 Å². The van der Waals surface area contributed by atoms with Gasteiger partial charge in [0.1, 0.15) is 0 Å². The number of carbonyl (C=O) groups is 1. The molecule has 0 aliphatic rings. The molecule has 1 unspecified atom stereocenters. The maximum atomic E-state index is 11.8. The lowest BCUT2D eigenvalue weighted by Crippen LogP contribution is -2.26. The first-order valence-electron chi connectivity index (χ1n) is 5.69. The highest BCUT2D eigenvalue weighted by molar-refractivity contribution is 7.99. The third kappa shape index (κ3) is 5.21. The molecule has 0 aliphatic heterocycles. The lowest BCUT2D eigenvalue weighted by atomic mass is 10.2. The molecule has 1 aromatic rings. The van der Waals surface area contributed by atoms with E-state index in [1.54, 1.807) is 25.1 Å². The van der Waals surface area contributed by atoms with E-state index in [9.17, 15) is 4.79 Å². The summed E-state index contributed by atoms with van der Waals surface area (Å²) in [6.45, 7) is 2.14. The van der Waals surface area contributed by atoms with Crippen LogP contribution in [0.2, 0.25) is 0 Å². The molecule has 1 aromatic carbocycles. The summed E-state index contributed by atoms with van der Waals surface area (Å²) in [6.07, 6.45) is 0.122. The van der Waals surface area contributed by atoms with E-state index in [1.807, 2.05) is 12.1 Å². The van der Waals surface area contributed by atoms with Crippen molar-refractivity contribution in [1.29, 1.82) is 5.26 Å². The molecule has 0 radical (unpaired) electrons. The molecule has 0 saturated heterocycles. The van der Waals surface area contributed by atoms with Crippen molar-refractivity contribution in [2.24, 2.45) is 0 Å². The van der Waals surface area contributed by atoms with Gasteiger partial charge >= 0.3 is 0 Å². The second-order valence-corrected chi connectivity index (χ2v) is 4.92. The fourth-order valence-corrected chi connectivity index (χ4v) is 1.96. The molecule has 4 nitrogen and oxygen atoms in total. The zero-order valence-electron chi connectivity index (χ0n) is 10.2. The average molecular weight is 264 g/mol. The summed E-state index contributed by atoms with van der Waals surface area (Å²) >= 11 is 1.40. The van der Waals surface area contributed by atoms with Crippen LogP contribution < -0.4 is 5.32 Å². The van der Waals surface area contributed by atoms with Crippen LogP contribution in [-0.4, -0.2) is 29.4 Å². The number of aliphatic hydroxyl groups is 1. The SMILES string of the molecule is CC(O)CCNC(=O)c1cccc(SCC#N)c1. The molecule has 18 heavy (non-hydrogen) atoms. The molecular formula is C13H16N2O2S. The van der Waals surface area contributed by atoms with Crippen LogP contribution in [0.5, 0.6) is 0 Å². The summed E-state index contributed by atoms with van der Waals surface area (Å²) in [7, 11) is 0. The van der Waals surface area contributed by atoms with E-state index in [0.29, 0.717) is 24.3 Å². The molecule has 0 heterocycles. The molecule has 0 fully saturated rings. The lowest BCUT2D eigenvalue weighted by molar-refractivity contribution is 0.0945. The van der Waals surface area contributed by atoms with Gasteiger partial charge in [-0.15, -0.1) is 11.8 Å². The first-order valence-corrected chi connectivity index (χ1v) is 6.68. The van der Waals surface area contributed by atoms with Crippen LogP contribution in [0.25, 0.3) is 0 Å². The Labute approximate surface area is 111 Å². The van der Waals surface area contributed by atoms with Crippen molar-refractivity contribution in [3.8, 4) is 6.07 Å². The molecule has 0 saturated carbocycles. The third-order valence-corrected chi connectivity index (χ3v) is 3.11. The van der Waals surface area contributed by atoms with Crippen LogP contribution in [-0.2, 0) is 0 Å². The van der Waals surface area contributed by atoms with Gasteiger partial charge in [-0.2, -0.15) is 5.26 Å². The molecule has 5 heteroatoms. The minimum atomic E-state index is -0.414. The van der Waals surface area contributed by atoms with Gasteiger partial charge in [0.25, 0.3) is 5.91 Å². The fraction of sp³-hybridized carbons (Fsp3) is 0.385. The van der Waals surface area contributed by atoms with E-state index >= 15 is 0 Å². The van der Waals surface area contributed by atoms with Crippen molar-refractivity contribution in [1.82, 2.24) is 5.32 Å². The summed E-state index contributed by atoms with van der Waals surface area (Å²) in [5.41, 5.74) is 0.573. The summed E-state index contributed by atoms with van der Waals surface area (Å²) in [5.74, 6) is 0.211. The highest BCUT2D eigenvalue weighted by atomic mass is 32.2. The number of amides is 1. The molecule has 0 bridgehead atoms. The van der Waals surface area contributed by atoms with Gasteiger partial charge in [0.2, 0.25) is 0 Å². The van der Waals surface area contributed by atoms with Crippen LogP contribution in [0.3, 0.4) is 0 Å². The Morgan fingerprint density at radius 3 is 3.06 bits per heavy atom. The first-order chi connectivity index (χ1) is 8.63. The first kappa shape index (κ1) is 14.6. The van der Waals surface area contributed by atoms with E-state index in [4.69, 9.17) is 10.4 Å². The molecule has 0 aliphatic carbocycles. The lowest BCUT2D eigenvalue weighted by Gasteiger charge is -2.07. The van der Waals surface area contributed by atoms with Crippen molar-refractivity contribution in [2.45, 2.75) is 24.3 Å². The van der Waals surface area contributed by atoms with Crippen molar-refractivity contribution >= 4 is 17.7 Å². The number of rotatable bonds is 6. The van der Waals surface area contributed by atoms with Crippen molar-refractivity contribution in [3.05, 3.63) is 29.8 Å². The quantitative estimate of drug-likeness (QED) is 0.768. The Kier molecular flexibility index (Phi) is 6.26. The van der Waals surface area contributed by atoms with Crippen LogP contribution in [0.4, 0.5) is 0 Å². The normalized spacial score (nSPS) is 11.6. The molecule has 96 valence electrons. The van der Waals surface area contributed by atoms with Crippen LogP contribution in [0.15, 0.2) is 29.2 Å². The second kappa shape index (κ2) is 7.75. The fourth-order valence-electron chi connectivity index (χ4n) is 1.34. The number of hydrogen-bond donors (Lipinski definition) is 2. The van der Waals surface area contributed by atoms with Crippen LogP contribution in [0, 0.1) is 11.3 Å². The smallest absolute Gasteiger partial charge is 0.251 e. The Balaban J connectivity index is 2.54. The average Bonchev–Trinajstić information content (AvgIpc) is 2.36. The molecule has 1 amide bonds. The minimum absolute atomic E-state index is 0.157. The Morgan fingerprint density at radius 2 is 2.39 bits per heavy atom. The summed E-state index contributed by atoms with van der Waals surface area (Å²) in [6, 6.07) is 9.20. The number of benzene rings is 1. The van der Waals surface area contributed by atoms with E-state index in [2.05, 4.69) is 5.32 Å². The highest BCUT2D eigenvalue weighted by Crippen LogP contribution is 2.18. The summed E-state index contributed by atoms with van der Waals surface area (Å²) in [4.78, 5) is 12.7. The standard InChI is InChI=1S/C13H16N2O2S/c1-10(16)5-7-15-13(17)11-3-2-4-12(9-11)18-8-6-14/h2-4,9-10,16H,5,7-8H2,1H3,(H,15,17). The molecule has 0 spiro atoms. The minimum Gasteiger partial charge on any atom is -0.393 e. The molecule has 1 atom stereocenters. The Hall–Kier alpha value is -1.51. The number of carbonyl (C=O) groups excluding carboxylic acids is 1. The largest absolute Gasteiger partial charge is 0.393 e. The van der Waals surface area contributed by atoms with Gasteiger partial charge < -0.3 is 10.4 Å². The third-order valence-electron chi connectivity index (χ3n) is 2.25. The Morgan fingerprint density at radius 1 is 1.61 bits per heavy atom. The predicted octanol–water partition coefficient (Wildman–Crippen LogP) is 1.80. The number of aliphatic hydroxyl groups excluding tert-OH is 1. The molecule has 2 N–H and O–H groups in total. The number of thioether (sulfide) groups is 1.